The molecule has 4 heteroatoms. The van der Waals surface area contributed by atoms with Crippen molar-refractivity contribution in [1.82, 2.24) is 0 Å². The van der Waals surface area contributed by atoms with Crippen molar-refractivity contribution in [1.29, 1.82) is 0 Å². The number of phenols is 1. The Morgan fingerprint density at radius 2 is 1.96 bits per heavy atom. The summed E-state index contributed by atoms with van der Waals surface area (Å²) >= 11 is 0. The highest BCUT2D eigenvalue weighted by atomic mass is 16.5. The third-order valence-corrected chi connectivity index (χ3v) is 3.94. The molecule has 0 aromatic heterocycles. The number of hydrogen-bond acceptors (Lipinski definition) is 4. The molecule has 0 spiro atoms. The molecule has 0 fully saturated rings. The minimum atomic E-state index is -0.437. The Balaban J connectivity index is 2.02. The van der Waals surface area contributed by atoms with Crippen molar-refractivity contribution in [3.8, 4) is 11.5 Å². The summed E-state index contributed by atoms with van der Waals surface area (Å²) in [5, 5.41) is 10.2. The molecule has 1 heterocycles. The number of para-hydroxylation sites is 1. The Hall–Kier alpha value is -3.01. The lowest BCUT2D eigenvalue weighted by Gasteiger charge is -2.06. The van der Waals surface area contributed by atoms with Crippen molar-refractivity contribution < 1.29 is 19.4 Å². The summed E-state index contributed by atoms with van der Waals surface area (Å²) in [7, 11) is 1.48. The van der Waals surface area contributed by atoms with Crippen molar-refractivity contribution in [3.05, 3.63) is 70.3 Å². The van der Waals surface area contributed by atoms with Gasteiger partial charge < -0.3 is 14.6 Å². The highest BCUT2D eigenvalue weighted by Crippen LogP contribution is 2.34. The summed E-state index contributed by atoms with van der Waals surface area (Å²) in [6, 6.07) is 11.1. The maximum absolute atomic E-state index is 12.2. The molecule has 122 valence electrons. The van der Waals surface area contributed by atoms with E-state index in [0.29, 0.717) is 22.6 Å². The van der Waals surface area contributed by atoms with Gasteiger partial charge in [0.2, 0.25) is 0 Å². The van der Waals surface area contributed by atoms with Gasteiger partial charge in [-0.15, -0.1) is 0 Å². The summed E-state index contributed by atoms with van der Waals surface area (Å²) in [5.41, 5.74) is 3.90. The molecule has 0 radical (unpaired) electrons. The number of ether oxygens (including phenoxy) is 2. The van der Waals surface area contributed by atoms with Crippen LogP contribution in [0.1, 0.15) is 22.3 Å². The molecular formula is C20H18O4. The number of aromatic hydroxyl groups is 1. The number of aryl methyl sites for hydroxylation is 2. The summed E-state index contributed by atoms with van der Waals surface area (Å²) in [6.07, 6.45) is 3.29. The highest BCUT2D eigenvalue weighted by Gasteiger charge is 2.23. The zero-order valence-corrected chi connectivity index (χ0v) is 13.8. The molecule has 2 aromatic carbocycles. The van der Waals surface area contributed by atoms with Crippen LogP contribution in [0.15, 0.2) is 48.0 Å². The first-order valence-electron chi connectivity index (χ1n) is 7.59. The van der Waals surface area contributed by atoms with Crippen LogP contribution in [0.3, 0.4) is 0 Å². The minimum absolute atomic E-state index is 0.00566. The second-order valence-corrected chi connectivity index (χ2v) is 5.71. The van der Waals surface area contributed by atoms with Gasteiger partial charge in [-0.05, 0) is 43.7 Å². The standard InChI is InChI=1S/C20H18O4/c1-12-7-8-13(2)16(9-12)18-11-15(20(22)24-18)10-14-5-4-6-17(23-3)19(14)21/h4-11,21H,1-3H3/b15-10+. The number of cyclic esters (lactones) is 1. The van der Waals surface area contributed by atoms with Gasteiger partial charge in [0.1, 0.15) is 5.76 Å². The molecule has 24 heavy (non-hydrogen) atoms. The second kappa shape index (κ2) is 6.24. The molecule has 0 aliphatic carbocycles. The maximum atomic E-state index is 12.2. The molecule has 0 unspecified atom stereocenters. The summed E-state index contributed by atoms with van der Waals surface area (Å²) in [6.45, 7) is 3.96. The van der Waals surface area contributed by atoms with Crippen LogP contribution in [0.2, 0.25) is 0 Å². The van der Waals surface area contributed by atoms with Gasteiger partial charge in [-0.25, -0.2) is 4.79 Å². The van der Waals surface area contributed by atoms with Crippen LogP contribution in [0, 0.1) is 13.8 Å². The largest absolute Gasteiger partial charge is 0.504 e. The number of carbonyl (C=O) groups excluding carboxylic acids is 1. The lowest BCUT2D eigenvalue weighted by Crippen LogP contribution is -1.98. The lowest BCUT2D eigenvalue weighted by molar-refractivity contribution is -0.130. The molecule has 4 nitrogen and oxygen atoms in total. The third-order valence-electron chi connectivity index (χ3n) is 3.94. The summed E-state index contributed by atoms with van der Waals surface area (Å²) in [4.78, 5) is 12.2. The van der Waals surface area contributed by atoms with E-state index < -0.39 is 5.97 Å². The second-order valence-electron chi connectivity index (χ2n) is 5.71. The number of benzene rings is 2. The fourth-order valence-electron chi connectivity index (χ4n) is 2.61. The lowest BCUT2D eigenvalue weighted by atomic mass is 10.0. The molecule has 0 saturated heterocycles. The van der Waals surface area contributed by atoms with Crippen molar-refractivity contribution in [2.75, 3.05) is 7.11 Å². The molecule has 1 aliphatic heterocycles. The van der Waals surface area contributed by atoms with E-state index in [1.165, 1.54) is 7.11 Å². The zero-order valence-electron chi connectivity index (χ0n) is 13.8. The van der Waals surface area contributed by atoms with E-state index in [-0.39, 0.29) is 5.75 Å². The van der Waals surface area contributed by atoms with Crippen molar-refractivity contribution >= 4 is 17.8 Å². The molecule has 0 saturated carbocycles. The van der Waals surface area contributed by atoms with Crippen LogP contribution >= 0.6 is 0 Å². The normalized spacial score (nSPS) is 15.4. The van der Waals surface area contributed by atoms with Gasteiger partial charge in [0.25, 0.3) is 0 Å². The van der Waals surface area contributed by atoms with E-state index >= 15 is 0 Å². The third kappa shape index (κ3) is 2.91. The van der Waals surface area contributed by atoms with E-state index in [9.17, 15) is 9.90 Å². The molecular weight excluding hydrogens is 304 g/mol. The van der Waals surface area contributed by atoms with E-state index in [4.69, 9.17) is 9.47 Å². The number of esters is 1. The molecule has 2 aromatic rings. The topological polar surface area (TPSA) is 55.8 Å². The maximum Gasteiger partial charge on any atom is 0.343 e. The Bertz CT molecular complexity index is 875. The van der Waals surface area contributed by atoms with Crippen molar-refractivity contribution in [2.24, 2.45) is 0 Å². The predicted molar refractivity (Wildman–Crippen MR) is 92.6 cm³/mol. The Morgan fingerprint density at radius 3 is 2.71 bits per heavy atom. The zero-order chi connectivity index (χ0) is 17.3. The highest BCUT2D eigenvalue weighted by molar-refractivity contribution is 6.05. The average Bonchev–Trinajstić information content (AvgIpc) is 2.92. The van der Waals surface area contributed by atoms with Gasteiger partial charge in [0, 0.05) is 11.1 Å². The minimum Gasteiger partial charge on any atom is -0.504 e. The molecule has 0 atom stereocenters. The quantitative estimate of drug-likeness (QED) is 0.685. The first-order chi connectivity index (χ1) is 11.5. The van der Waals surface area contributed by atoms with Crippen LogP contribution in [0.25, 0.3) is 11.8 Å². The van der Waals surface area contributed by atoms with Crippen molar-refractivity contribution in [3.63, 3.8) is 0 Å². The first kappa shape index (κ1) is 15.9. The van der Waals surface area contributed by atoms with Crippen LogP contribution in [-0.4, -0.2) is 18.2 Å². The van der Waals surface area contributed by atoms with Gasteiger partial charge in [0.05, 0.1) is 12.7 Å². The van der Waals surface area contributed by atoms with Crippen LogP contribution < -0.4 is 4.74 Å². The number of hydrogen-bond donors (Lipinski definition) is 1. The van der Waals surface area contributed by atoms with Gasteiger partial charge in [0.15, 0.2) is 11.5 Å². The number of phenolic OH excluding ortho intramolecular Hbond substituents is 1. The van der Waals surface area contributed by atoms with Crippen molar-refractivity contribution in [2.45, 2.75) is 13.8 Å². The Morgan fingerprint density at radius 1 is 1.17 bits per heavy atom. The van der Waals surface area contributed by atoms with Gasteiger partial charge in [-0.3, -0.25) is 0 Å². The van der Waals surface area contributed by atoms with Crippen LogP contribution in [0.4, 0.5) is 0 Å². The van der Waals surface area contributed by atoms with Crippen LogP contribution in [-0.2, 0) is 9.53 Å². The number of methoxy groups -OCH3 is 1. The fourth-order valence-corrected chi connectivity index (χ4v) is 2.61. The smallest absolute Gasteiger partial charge is 0.343 e. The Labute approximate surface area is 140 Å². The van der Waals surface area contributed by atoms with E-state index in [0.717, 1.165) is 16.7 Å². The summed E-state index contributed by atoms with van der Waals surface area (Å²) < 4.78 is 10.5. The SMILES string of the molecule is COc1cccc(/C=C2\C=C(c3cc(C)ccc3C)OC2=O)c1O. The molecule has 0 bridgehead atoms. The van der Waals surface area contributed by atoms with E-state index in [2.05, 4.69) is 0 Å². The van der Waals surface area contributed by atoms with E-state index in [1.54, 1.807) is 30.4 Å². The number of carbonyl (C=O) groups is 1. The van der Waals surface area contributed by atoms with Gasteiger partial charge in [-0.2, -0.15) is 0 Å². The monoisotopic (exact) mass is 322 g/mol. The fraction of sp³-hybridized carbons (Fsp3) is 0.150. The average molecular weight is 322 g/mol. The first-order valence-corrected chi connectivity index (χ1v) is 7.59. The van der Waals surface area contributed by atoms with Gasteiger partial charge in [-0.1, -0.05) is 29.8 Å². The van der Waals surface area contributed by atoms with Crippen LogP contribution in [0.5, 0.6) is 11.5 Å². The predicted octanol–water partition coefficient (Wildman–Crippen LogP) is 4.00. The number of rotatable bonds is 3. The molecule has 0 amide bonds. The molecule has 1 aliphatic rings. The van der Waals surface area contributed by atoms with E-state index in [1.807, 2.05) is 32.0 Å². The Kier molecular flexibility index (Phi) is 4.13. The molecule has 3 rings (SSSR count). The summed E-state index contributed by atoms with van der Waals surface area (Å²) in [5.74, 6) is 0.436. The van der Waals surface area contributed by atoms with Gasteiger partial charge >= 0.3 is 5.97 Å². The molecule has 1 N–H and O–H groups in total.